The molecule has 2 fully saturated rings. The van der Waals surface area contributed by atoms with E-state index in [9.17, 15) is 14.4 Å². The molecule has 2 aliphatic rings. The molecule has 3 amide bonds. The zero-order chi connectivity index (χ0) is 19.2. The van der Waals surface area contributed by atoms with Gasteiger partial charge in [-0.05, 0) is 37.8 Å². The summed E-state index contributed by atoms with van der Waals surface area (Å²) in [6.07, 6.45) is 6.15. The minimum absolute atomic E-state index is 0.0246. The Hall–Kier alpha value is -2.15. The van der Waals surface area contributed by atoms with Gasteiger partial charge in [-0.3, -0.25) is 14.4 Å². The standard InChI is InChI=1S/C19H25ClN4O3/c20-15-5-6-16(21-12-15)22-19(27)14-7-10-23(11-8-14)18(26)13-24-9-3-1-2-4-17(24)25/h5-6,12,14H,1-4,7-11,13H2,(H,21,22,27). The van der Waals surface area contributed by atoms with Crippen molar-refractivity contribution in [1.82, 2.24) is 14.8 Å². The molecule has 1 aromatic rings. The van der Waals surface area contributed by atoms with Crippen molar-refractivity contribution in [3.63, 3.8) is 0 Å². The molecule has 0 saturated carbocycles. The van der Waals surface area contributed by atoms with E-state index in [2.05, 4.69) is 10.3 Å². The molecule has 0 radical (unpaired) electrons. The SMILES string of the molecule is O=C(Nc1ccc(Cl)cn1)C1CCN(C(=O)CN2CCCCCC2=O)CC1. The highest BCUT2D eigenvalue weighted by atomic mass is 35.5. The fourth-order valence-electron chi connectivity index (χ4n) is 3.54. The van der Waals surface area contributed by atoms with Crippen molar-refractivity contribution in [2.24, 2.45) is 5.92 Å². The van der Waals surface area contributed by atoms with E-state index < -0.39 is 0 Å². The third-order valence-corrected chi connectivity index (χ3v) is 5.42. The van der Waals surface area contributed by atoms with E-state index in [-0.39, 0.29) is 30.2 Å². The number of pyridine rings is 1. The van der Waals surface area contributed by atoms with Gasteiger partial charge in [0, 0.05) is 38.2 Å². The van der Waals surface area contributed by atoms with Crippen LogP contribution in [0.15, 0.2) is 18.3 Å². The van der Waals surface area contributed by atoms with Crippen LogP contribution < -0.4 is 5.32 Å². The van der Waals surface area contributed by atoms with Gasteiger partial charge in [0.1, 0.15) is 5.82 Å². The molecule has 2 aliphatic heterocycles. The molecule has 0 atom stereocenters. The van der Waals surface area contributed by atoms with Gasteiger partial charge in [-0.25, -0.2) is 4.98 Å². The lowest BCUT2D eigenvalue weighted by molar-refractivity contribution is -0.141. The van der Waals surface area contributed by atoms with Gasteiger partial charge in [-0.1, -0.05) is 18.0 Å². The van der Waals surface area contributed by atoms with Gasteiger partial charge in [0.25, 0.3) is 0 Å². The van der Waals surface area contributed by atoms with Gasteiger partial charge in [-0.15, -0.1) is 0 Å². The monoisotopic (exact) mass is 392 g/mol. The van der Waals surface area contributed by atoms with Crippen LogP contribution in [-0.2, 0) is 14.4 Å². The number of hydrogen-bond acceptors (Lipinski definition) is 4. The Morgan fingerprint density at radius 2 is 1.93 bits per heavy atom. The quantitative estimate of drug-likeness (QED) is 0.852. The predicted molar refractivity (Wildman–Crippen MR) is 102 cm³/mol. The number of carbonyl (C=O) groups excluding carboxylic acids is 3. The summed E-state index contributed by atoms with van der Waals surface area (Å²) in [7, 11) is 0. The van der Waals surface area contributed by atoms with E-state index in [4.69, 9.17) is 11.6 Å². The second-order valence-corrected chi connectivity index (χ2v) is 7.57. The maximum atomic E-state index is 12.5. The average molecular weight is 393 g/mol. The smallest absolute Gasteiger partial charge is 0.242 e. The molecule has 27 heavy (non-hydrogen) atoms. The number of amides is 3. The highest BCUT2D eigenvalue weighted by Gasteiger charge is 2.29. The van der Waals surface area contributed by atoms with Crippen molar-refractivity contribution in [3.05, 3.63) is 23.4 Å². The lowest BCUT2D eigenvalue weighted by Gasteiger charge is -2.33. The van der Waals surface area contributed by atoms with Crippen molar-refractivity contribution in [2.75, 3.05) is 31.5 Å². The molecule has 1 N–H and O–H groups in total. The van der Waals surface area contributed by atoms with Crippen LogP contribution in [-0.4, -0.2) is 58.7 Å². The van der Waals surface area contributed by atoms with Crippen LogP contribution in [0.2, 0.25) is 5.02 Å². The number of nitrogens with one attached hydrogen (secondary N) is 1. The van der Waals surface area contributed by atoms with Crippen molar-refractivity contribution in [3.8, 4) is 0 Å². The Bertz CT molecular complexity index is 687. The van der Waals surface area contributed by atoms with E-state index in [0.29, 0.717) is 49.7 Å². The normalized spacial score (nSPS) is 18.9. The van der Waals surface area contributed by atoms with Gasteiger partial charge >= 0.3 is 0 Å². The molecule has 3 heterocycles. The average Bonchev–Trinajstić information content (AvgIpc) is 2.88. The number of halogens is 1. The first kappa shape index (κ1) is 19.6. The van der Waals surface area contributed by atoms with Crippen molar-refractivity contribution >= 4 is 35.1 Å². The molecule has 2 saturated heterocycles. The second kappa shape index (κ2) is 9.17. The topological polar surface area (TPSA) is 82.6 Å². The lowest BCUT2D eigenvalue weighted by atomic mass is 9.96. The van der Waals surface area contributed by atoms with Crippen molar-refractivity contribution in [2.45, 2.75) is 38.5 Å². The van der Waals surface area contributed by atoms with Crippen LogP contribution in [0.4, 0.5) is 5.82 Å². The van der Waals surface area contributed by atoms with Crippen LogP contribution in [0.1, 0.15) is 38.5 Å². The largest absolute Gasteiger partial charge is 0.341 e. The Balaban J connectivity index is 1.46. The van der Waals surface area contributed by atoms with E-state index in [1.54, 1.807) is 21.9 Å². The highest BCUT2D eigenvalue weighted by Crippen LogP contribution is 2.20. The summed E-state index contributed by atoms with van der Waals surface area (Å²) in [5, 5.41) is 3.31. The predicted octanol–water partition coefficient (Wildman–Crippen LogP) is 2.31. The number of likely N-dealkylation sites (tertiary alicyclic amines) is 2. The summed E-state index contributed by atoms with van der Waals surface area (Å²) in [5.74, 6) is 0.294. The number of piperidine rings is 1. The molecule has 8 heteroatoms. The summed E-state index contributed by atoms with van der Waals surface area (Å²) >= 11 is 5.79. The van der Waals surface area contributed by atoms with Gasteiger partial charge in [0.15, 0.2) is 0 Å². The van der Waals surface area contributed by atoms with E-state index in [1.165, 1.54) is 6.20 Å². The van der Waals surface area contributed by atoms with Gasteiger partial charge in [-0.2, -0.15) is 0 Å². The lowest BCUT2D eigenvalue weighted by Crippen LogP contribution is -2.47. The molecule has 0 unspecified atom stereocenters. The number of anilines is 1. The molecule has 0 aromatic carbocycles. The second-order valence-electron chi connectivity index (χ2n) is 7.13. The van der Waals surface area contributed by atoms with Gasteiger partial charge in [0.2, 0.25) is 17.7 Å². The summed E-state index contributed by atoms with van der Waals surface area (Å²) in [6.45, 7) is 1.89. The zero-order valence-corrected chi connectivity index (χ0v) is 16.1. The van der Waals surface area contributed by atoms with E-state index in [0.717, 1.165) is 19.3 Å². The molecule has 0 aliphatic carbocycles. The Kier molecular flexibility index (Phi) is 6.66. The van der Waals surface area contributed by atoms with Gasteiger partial charge < -0.3 is 15.1 Å². The molecule has 0 bridgehead atoms. The van der Waals surface area contributed by atoms with Gasteiger partial charge in [0.05, 0.1) is 11.6 Å². The van der Waals surface area contributed by atoms with Crippen LogP contribution in [0.25, 0.3) is 0 Å². The maximum Gasteiger partial charge on any atom is 0.242 e. The zero-order valence-electron chi connectivity index (χ0n) is 15.3. The van der Waals surface area contributed by atoms with E-state index in [1.807, 2.05) is 0 Å². The first-order valence-electron chi connectivity index (χ1n) is 9.51. The minimum atomic E-state index is -0.147. The fourth-order valence-corrected chi connectivity index (χ4v) is 3.65. The number of carbonyl (C=O) groups is 3. The summed E-state index contributed by atoms with van der Waals surface area (Å²) in [5.41, 5.74) is 0. The minimum Gasteiger partial charge on any atom is -0.341 e. The first-order valence-corrected chi connectivity index (χ1v) is 9.88. The Morgan fingerprint density at radius 1 is 1.15 bits per heavy atom. The van der Waals surface area contributed by atoms with Crippen molar-refractivity contribution < 1.29 is 14.4 Å². The molecule has 1 aromatic heterocycles. The fraction of sp³-hybridized carbons (Fsp3) is 0.579. The third kappa shape index (κ3) is 5.42. The number of rotatable bonds is 4. The molecule has 3 rings (SSSR count). The summed E-state index contributed by atoms with van der Waals surface area (Å²) < 4.78 is 0. The molecular weight excluding hydrogens is 368 g/mol. The van der Waals surface area contributed by atoms with Crippen molar-refractivity contribution in [1.29, 1.82) is 0 Å². The third-order valence-electron chi connectivity index (χ3n) is 5.19. The maximum absolute atomic E-state index is 12.5. The molecular formula is C19H25ClN4O3. The summed E-state index contributed by atoms with van der Waals surface area (Å²) in [6, 6.07) is 3.34. The van der Waals surface area contributed by atoms with Crippen LogP contribution >= 0.6 is 11.6 Å². The Labute approximate surface area is 164 Å². The van der Waals surface area contributed by atoms with E-state index >= 15 is 0 Å². The number of aromatic nitrogens is 1. The number of hydrogen-bond donors (Lipinski definition) is 1. The molecule has 0 spiro atoms. The molecule has 146 valence electrons. The van der Waals surface area contributed by atoms with Crippen LogP contribution in [0.3, 0.4) is 0 Å². The van der Waals surface area contributed by atoms with Crippen LogP contribution in [0, 0.1) is 5.92 Å². The Morgan fingerprint density at radius 3 is 2.63 bits per heavy atom. The van der Waals surface area contributed by atoms with Crippen LogP contribution in [0.5, 0.6) is 0 Å². The molecule has 7 nitrogen and oxygen atoms in total. The highest BCUT2D eigenvalue weighted by molar-refractivity contribution is 6.30. The number of nitrogens with zero attached hydrogens (tertiary/aromatic N) is 3. The first-order chi connectivity index (χ1) is 13.0. The summed E-state index contributed by atoms with van der Waals surface area (Å²) in [4.78, 5) is 44.5.